The van der Waals surface area contributed by atoms with Gasteiger partial charge >= 0.3 is 5.97 Å². The Morgan fingerprint density at radius 1 is 0.862 bits per heavy atom. The van der Waals surface area contributed by atoms with Crippen LogP contribution in [0.15, 0.2) is 48.5 Å². The molecule has 0 radical (unpaired) electrons. The van der Waals surface area contributed by atoms with Gasteiger partial charge in [-0.3, -0.25) is 14.4 Å². The van der Waals surface area contributed by atoms with Gasteiger partial charge < -0.3 is 20.1 Å². The topological polar surface area (TPSA) is 93.7 Å². The van der Waals surface area contributed by atoms with Crippen LogP contribution in [0, 0.1) is 5.82 Å². The zero-order chi connectivity index (χ0) is 21.1. The number of rotatable bonds is 10. The number of ether oxygens (including phenoxy) is 2. The molecule has 0 heterocycles. The number of esters is 1. The van der Waals surface area contributed by atoms with E-state index in [0.29, 0.717) is 23.7 Å². The highest BCUT2D eigenvalue weighted by molar-refractivity contribution is 5.93. The van der Waals surface area contributed by atoms with Gasteiger partial charge in [-0.15, -0.1) is 0 Å². The fourth-order valence-electron chi connectivity index (χ4n) is 2.37. The van der Waals surface area contributed by atoms with Crippen molar-refractivity contribution in [2.24, 2.45) is 0 Å². The van der Waals surface area contributed by atoms with Crippen LogP contribution in [-0.4, -0.2) is 31.0 Å². The third kappa shape index (κ3) is 8.42. The molecule has 29 heavy (non-hydrogen) atoms. The Bertz CT molecular complexity index is 822. The average Bonchev–Trinajstić information content (AvgIpc) is 2.70. The largest absolute Gasteiger partial charge is 0.494 e. The van der Waals surface area contributed by atoms with Gasteiger partial charge in [-0.1, -0.05) is 0 Å². The molecule has 2 aromatic rings. The third-order valence-electron chi connectivity index (χ3n) is 3.73. The lowest BCUT2D eigenvalue weighted by Crippen LogP contribution is -2.21. The van der Waals surface area contributed by atoms with Crippen LogP contribution >= 0.6 is 0 Å². The summed E-state index contributed by atoms with van der Waals surface area (Å²) >= 11 is 0. The first kappa shape index (κ1) is 21.9. The molecule has 154 valence electrons. The summed E-state index contributed by atoms with van der Waals surface area (Å²) in [5.74, 6) is -1.02. The monoisotopic (exact) mass is 402 g/mol. The first-order valence-corrected chi connectivity index (χ1v) is 9.20. The van der Waals surface area contributed by atoms with Crippen molar-refractivity contribution in [3.8, 4) is 5.75 Å². The zero-order valence-electron chi connectivity index (χ0n) is 16.1. The molecule has 0 spiro atoms. The smallest absolute Gasteiger partial charge is 0.306 e. The second kappa shape index (κ2) is 11.4. The molecule has 0 aliphatic rings. The fourth-order valence-corrected chi connectivity index (χ4v) is 2.37. The lowest BCUT2D eigenvalue weighted by molar-refractivity contribution is -0.147. The van der Waals surface area contributed by atoms with Crippen molar-refractivity contribution in [2.45, 2.75) is 26.2 Å². The molecule has 0 saturated carbocycles. The quantitative estimate of drug-likeness (QED) is 0.593. The van der Waals surface area contributed by atoms with Crippen molar-refractivity contribution >= 4 is 29.2 Å². The molecule has 2 rings (SSSR count). The number of anilines is 2. The van der Waals surface area contributed by atoms with Gasteiger partial charge in [0.05, 0.1) is 6.61 Å². The second-order valence-corrected chi connectivity index (χ2v) is 6.07. The van der Waals surface area contributed by atoms with E-state index < -0.39 is 24.3 Å². The number of hydrogen-bond acceptors (Lipinski definition) is 5. The van der Waals surface area contributed by atoms with Crippen molar-refractivity contribution in [1.82, 2.24) is 0 Å². The summed E-state index contributed by atoms with van der Waals surface area (Å²) < 4.78 is 23.0. The van der Waals surface area contributed by atoms with Crippen molar-refractivity contribution in [3.63, 3.8) is 0 Å². The molecule has 0 aromatic heterocycles. The molecule has 0 atom stereocenters. The molecule has 0 saturated heterocycles. The minimum absolute atomic E-state index is 0.00711. The summed E-state index contributed by atoms with van der Waals surface area (Å²) in [6, 6.07) is 12.2. The molecule has 0 bridgehead atoms. The molecule has 0 aliphatic heterocycles. The van der Waals surface area contributed by atoms with Crippen molar-refractivity contribution in [2.75, 3.05) is 23.8 Å². The van der Waals surface area contributed by atoms with Crippen LogP contribution in [0.1, 0.15) is 26.2 Å². The van der Waals surface area contributed by atoms with E-state index in [1.54, 1.807) is 24.3 Å². The number of carbonyl (C=O) groups excluding carboxylic acids is 3. The molecule has 2 amide bonds. The van der Waals surface area contributed by atoms with Gasteiger partial charge in [0.15, 0.2) is 6.61 Å². The standard InChI is InChI=1S/C21H23FN2O5/c1-2-28-18-12-10-17(11-13-18)24-20(26)14-29-21(27)5-3-4-19(25)23-16-8-6-15(22)7-9-16/h6-13H,2-5,14H2,1H3,(H,23,25)(H,24,26). The second-order valence-electron chi connectivity index (χ2n) is 6.07. The maximum absolute atomic E-state index is 12.8. The maximum Gasteiger partial charge on any atom is 0.306 e. The molecule has 0 unspecified atom stereocenters. The summed E-state index contributed by atoms with van der Waals surface area (Å²) in [5, 5.41) is 5.21. The summed E-state index contributed by atoms with van der Waals surface area (Å²) in [6.45, 7) is 2.02. The van der Waals surface area contributed by atoms with E-state index in [4.69, 9.17) is 9.47 Å². The van der Waals surface area contributed by atoms with Crippen molar-refractivity contribution < 1.29 is 28.2 Å². The van der Waals surface area contributed by atoms with Crippen LogP contribution in [0.3, 0.4) is 0 Å². The highest BCUT2D eigenvalue weighted by Gasteiger charge is 2.10. The Kier molecular flexibility index (Phi) is 8.62. The molecule has 0 fully saturated rings. The molecule has 0 aliphatic carbocycles. The van der Waals surface area contributed by atoms with Crippen LogP contribution in [0.4, 0.5) is 15.8 Å². The average molecular weight is 402 g/mol. The van der Waals surface area contributed by atoms with Gasteiger partial charge in [-0.05, 0) is 61.9 Å². The first-order valence-electron chi connectivity index (χ1n) is 9.20. The van der Waals surface area contributed by atoms with Crippen LogP contribution in [-0.2, 0) is 19.1 Å². The van der Waals surface area contributed by atoms with Gasteiger partial charge in [0.25, 0.3) is 5.91 Å². The Morgan fingerprint density at radius 2 is 1.45 bits per heavy atom. The molecule has 8 heteroatoms. The number of hydrogen-bond donors (Lipinski definition) is 2. The highest BCUT2D eigenvalue weighted by Crippen LogP contribution is 2.15. The van der Waals surface area contributed by atoms with Gasteiger partial charge in [0.1, 0.15) is 11.6 Å². The predicted octanol–water partition coefficient (Wildman–Crippen LogP) is 3.52. The van der Waals surface area contributed by atoms with E-state index >= 15 is 0 Å². The normalized spacial score (nSPS) is 10.1. The Morgan fingerprint density at radius 3 is 2.07 bits per heavy atom. The van der Waals surface area contributed by atoms with E-state index in [-0.39, 0.29) is 25.2 Å². The highest BCUT2D eigenvalue weighted by atomic mass is 19.1. The van der Waals surface area contributed by atoms with Crippen molar-refractivity contribution in [1.29, 1.82) is 0 Å². The molecule has 2 aromatic carbocycles. The minimum atomic E-state index is -0.568. The molecular weight excluding hydrogens is 379 g/mol. The van der Waals surface area contributed by atoms with Crippen LogP contribution < -0.4 is 15.4 Å². The SMILES string of the molecule is CCOc1ccc(NC(=O)COC(=O)CCCC(=O)Nc2ccc(F)cc2)cc1. The lowest BCUT2D eigenvalue weighted by atomic mass is 10.2. The van der Waals surface area contributed by atoms with Gasteiger partial charge in [0, 0.05) is 24.2 Å². The lowest BCUT2D eigenvalue weighted by Gasteiger charge is -2.08. The number of nitrogens with one attached hydrogen (secondary N) is 2. The summed E-state index contributed by atoms with van der Waals surface area (Å²) in [6.07, 6.45) is 0.379. The number of halogens is 1. The van der Waals surface area contributed by atoms with Crippen LogP contribution in [0.25, 0.3) is 0 Å². The summed E-state index contributed by atoms with van der Waals surface area (Å²) in [5.41, 5.74) is 1.04. The maximum atomic E-state index is 12.8. The van der Waals surface area contributed by atoms with Gasteiger partial charge in [0.2, 0.25) is 5.91 Å². The zero-order valence-corrected chi connectivity index (χ0v) is 16.1. The Hall–Kier alpha value is -3.42. The summed E-state index contributed by atoms with van der Waals surface area (Å²) in [4.78, 5) is 35.3. The predicted molar refractivity (Wildman–Crippen MR) is 106 cm³/mol. The number of benzene rings is 2. The molecular formula is C21H23FN2O5. The number of amides is 2. The minimum Gasteiger partial charge on any atom is -0.494 e. The Labute approximate surface area is 168 Å². The van der Waals surface area contributed by atoms with Crippen molar-refractivity contribution in [3.05, 3.63) is 54.3 Å². The van der Waals surface area contributed by atoms with E-state index in [1.807, 2.05) is 6.92 Å². The van der Waals surface area contributed by atoms with E-state index in [1.165, 1.54) is 24.3 Å². The van der Waals surface area contributed by atoms with E-state index in [9.17, 15) is 18.8 Å². The van der Waals surface area contributed by atoms with E-state index in [2.05, 4.69) is 10.6 Å². The van der Waals surface area contributed by atoms with Gasteiger partial charge in [-0.2, -0.15) is 0 Å². The number of carbonyl (C=O) groups is 3. The Balaban J connectivity index is 1.61. The molecule has 7 nitrogen and oxygen atoms in total. The fraction of sp³-hybridized carbons (Fsp3) is 0.286. The molecule has 2 N–H and O–H groups in total. The first-order chi connectivity index (χ1) is 14.0. The summed E-state index contributed by atoms with van der Waals surface area (Å²) in [7, 11) is 0. The van der Waals surface area contributed by atoms with Gasteiger partial charge in [-0.25, -0.2) is 4.39 Å². The van der Waals surface area contributed by atoms with Crippen LogP contribution in [0.5, 0.6) is 5.75 Å². The van der Waals surface area contributed by atoms with Crippen LogP contribution in [0.2, 0.25) is 0 Å². The third-order valence-corrected chi connectivity index (χ3v) is 3.73. The van der Waals surface area contributed by atoms with E-state index in [0.717, 1.165) is 0 Å².